The fraction of sp³-hybridized carbons (Fsp3) is 0.600. The van der Waals surface area contributed by atoms with Gasteiger partial charge in [0.1, 0.15) is 0 Å². The van der Waals surface area contributed by atoms with Gasteiger partial charge in [-0.25, -0.2) is 0 Å². The number of rotatable bonds is 7. The minimum atomic E-state index is 0.248. The molecular weight excluding hydrogens is 279 g/mol. The molecule has 0 aliphatic rings. The van der Waals surface area contributed by atoms with Crippen LogP contribution in [0.4, 0.5) is 0 Å². The van der Waals surface area contributed by atoms with E-state index in [4.69, 9.17) is 23.2 Å². The second-order valence-corrected chi connectivity index (χ2v) is 5.90. The van der Waals surface area contributed by atoms with Crippen LogP contribution in [0.5, 0.6) is 0 Å². The second kappa shape index (κ2) is 8.11. The molecule has 1 aromatic rings. The van der Waals surface area contributed by atoms with E-state index < -0.39 is 0 Å². The van der Waals surface area contributed by atoms with Gasteiger partial charge >= 0.3 is 0 Å². The third-order valence-electron chi connectivity index (χ3n) is 3.46. The van der Waals surface area contributed by atoms with Crippen molar-refractivity contribution in [2.45, 2.75) is 39.3 Å². The molecule has 1 N–H and O–H groups in total. The smallest absolute Gasteiger partial charge is 0.0640 e. The summed E-state index contributed by atoms with van der Waals surface area (Å²) in [6, 6.07) is 6.64. The van der Waals surface area contributed by atoms with Crippen molar-refractivity contribution in [3.63, 3.8) is 0 Å². The minimum Gasteiger partial charge on any atom is -0.310 e. The van der Waals surface area contributed by atoms with Gasteiger partial charge < -0.3 is 10.2 Å². The standard InChI is InChI=1S/C15H24Cl2N2/c1-5-18-14(9-10-19(4)11(2)3)12-7-6-8-13(16)15(12)17/h6-8,11,14,18H,5,9-10H2,1-4H3. The van der Waals surface area contributed by atoms with E-state index in [0.29, 0.717) is 16.1 Å². The zero-order chi connectivity index (χ0) is 14.4. The molecule has 1 unspecified atom stereocenters. The molecule has 1 rings (SSSR count). The van der Waals surface area contributed by atoms with Crippen LogP contribution in [0.3, 0.4) is 0 Å². The fourth-order valence-corrected chi connectivity index (χ4v) is 2.43. The van der Waals surface area contributed by atoms with Crippen LogP contribution in [-0.2, 0) is 0 Å². The van der Waals surface area contributed by atoms with E-state index >= 15 is 0 Å². The first-order chi connectivity index (χ1) is 8.97. The predicted octanol–water partition coefficient (Wildman–Crippen LogP) is 4.37. The average Bonchev–Trinajstić information content (AvgIpc) is 2.37. The quantitative estimate of drug-likeness (QED) is 0.804. The summed E-state index contributed by atoms with van der Waals surface area (Å²) < 4.78 is 0. The van der Waals surface area contributed by atoms with Gasteiger partial charge in [0.25, 0.3) is 0 Å². The molecule has 4 heteroatoms. The van der Waals surface area contributed by atoms with Crippen molar-refractivity contribution in [3.8, 4) is 0 Å². The summed E-state index contributed by atoms with van der Waals surface area (Å²) >= 11 is 12.4. The van der Waals surface area contributed by atoms with Crippen molar-refractivity contribution >= 4 is 23.2 Å². The zero-order valence-corrected chi connectivity index (χ0v) is 13.7. The van der Waals surface area contributed by atoms with Crippen molar-refractivity contribution in [2.75, 3.05) is 20.1 Å². The summed E-state index contributed by atoms with van der Waals surface area (Å²) in [5, 5.41) is 4.78. The van der Waals surface area contributed by atoms with E-state index in [-0.39, 0.29) is 6.04 Å². The van der Waals surface area contributed by atoms with E-state index in [9.17, 15) is 0 Å². The molecular formula is C15H24Cl2N2. The lowest BCUT2D eigenvalue weighted by Crippen LogP contribution is -2.31. The highest BCUT2D eigenvalue weighted by molar-refractivity contribution is 6.42. The molecule has 0 aliphatic carbocycles. The summed E-state index contributed by atoms with van der Waals surface area (Å²) in [7, 11) is 2.15. The van der Waals surface area contributed by atoms with Gasteiger partial charge in [0.2, 0.25) is 0 Å². The molecule has 0 amide bonds. The second-order valence-electron chi connectivity index (χ2n) is 5.12. The Kier molecular flexibility index (Phi) is 7.16. The van der Waals surface area contributed by atoms with Crippen LogP contribution in [0, 0.1) is 0 Å². The Morgan fingerprint density at radius 1 is 1.26 bits per heavy atom. The number of nitrogens with one attached hydrogen (secondary N) is 1. The van der Waals surface area contributed by atoms with Crippen molar-refractivity contribution in [1.82, 2.24) is 10.2 Å². The Morgan fingerprint density at radius 2 is 1.95 bits per heavy atom. The van der Waals surface area contributed by atoms with Crippen LogP contribution >= 0.6 is 23.2 Å². The van der Waals surface area contributed by atoms with Gasteiger partial charge in [-0.05, 0) is 52.0 Å². The first-order valence-corrected chi connectivity index (χ1v) is 7.60. The van der Waals surface area contributed by atoms with E-state index in [1.807, 2.05) is 12.1 Å². The van der Waals surface area contributed by atoms with Crippen LogP contribution in [0.25, 0.3) is 0 Å². The first kappa shape index (κ1) is 16.8. The third-order valence-corrected chi connectivity index (χ3v) is 4.29. The Morgan fingerprint density at radius 3 is 2.53 bits per heavy atom. The fourth-order valence-electron chi connectivity index (χ4n) is 1.99. The zero-order valence-electron chi connectivity index (χ0n) is 12.2. The number of benzene rings is 1. The molecule has 2 nitrogen and oxygen atoms in total. The highest BCUT2D eigenvalue weighted by Gasteiger charge is 2.16. The minimum absolute atomic E-state index is 0.248. The monoisotopic (exact) mass is 302 g/mol. The maximum absolute atomic E-state index is 6.32. The normalized spacial score (nSPS) is 13.3. The van der Waals surface area contributed by atoms with Crippen LogP contribution in [0.1, 0.15) is 38.8 Å². The molecule has 0 spiro atoms. The summed E-state index contributed by atoms with van der Waals surface area (Å²) in [6.07, 6.45) is 1.02. The number of nitrogens with zero attached hydrogens (tertiary/aromatic N) is 1. The largest absolute Gasteiger partial charge is 0.310 e. The van der Waals surface area contributed by atoms with Gasteiger partial charge in [-0.1, -0.05) is 42.3 Å². The number of halogens is 2. The molecule has 1 aromatic carbocycles. The average molecular weight is 303 g/mol. The van der Waals surface area contributed by atoms with E-state index in [2.05, 4.69) is 44.1 Å². The van der Waals surface area contributed by atoms with Gasteiger partial charge in [-0.2, -0.15) is 0 Å². The van der Waals surface area contributed by atoms with Gasteiger partial charge in [0.05, 0.1) is 10.0 Å². The molecule has 0 aliphatic heterocycles. The number of hydrogen-bond acceptors (Lipinski definition) is 2. The molecule has 1 atom stereocenters. The number of hydrogen-bond donors (Lipinski definition) is 1. The van der Waals surface area contributed by atoms with Crippen LogP contribution in [-0.4, -0.2) is 31.1 Å². The Bertz CT molecular complexity index is 394. The highest BCUT2D eigenvalue weighted by atomic mass is 35.5. The van der Waals surface area contributed by atoms with Crippen molar-refractivity contribution < 1.29 is 0 Å². The lowest BCUT2D eigenvalue weighted by molar-refractivity contribution is 0.257. The lowest BCUT2D eigenvalue weighted by Gasteiger charge is -2.25. The van der Waals surface area contributed by atoms with Gasteiger partial charge in [0.15, 0.2) is 0 Å². The maximum atomic E-state index is 6.32. The SMILES string of the molecule is CCNC(CCN(C)C(C)C)c1cccc(Cl)c1Cl. The molecule has 0 saturated heterocycles. The summed E-state index contributed by atoms with van der Waals surface area (Å²) in [5.41, 5.74) is 1.09. The van der Waals surface area contributed by atoms with Crippen molar-refractivity contribution in [2.24, 2.45) is 0 Å². The van der Waals surface area contributed by atoms with E-state index in [0.717, 1.165) is 25.1 Å². The van der Waals surface area contributed by atoms with Crippen LogP contribution in [0.2, 0.25) is 10.0 Å². The molecule has 0 heterocycles. The highest BCUT2D eigenvalue weighted by Crippen LogP contribution is 2.31. The van der Waals surface area contributed by atoms with Crippen LogP contribution in [0.15, 0.2) is 18.2 Å². The van der Waals surface area contributed by atoms with E-state index in [1.54, 1.807) is 0 Å². The maximum Gasteiger partial charge on any atom is 0.0640 e. The molecule has 19 heavy (non-hydrogen) atoms. The first-order valence-electron chi connectivity index (χ1n) is 6.84. The summed E-state index contributed by atoms with van der Waals surface area (Å²) in [6.45, 7) is 8.46. The Hall–Kier alpha value is -0.280. The lowest BCUT2D eigenvalue weighted by atomic mass is 10.0. The van der Waals surface area contributed by atoms with Gasteiger partial charge in [0, 0.05) is 12.1 Å². The van der Waals surface area contributed by atoms with Gasteiger partial charge in [-0.3, -0.25) is 0 Å². The molecule has 0 aromatic heterocycles. The summed E-state index contributed by atoms with van der Waals surface area (Å²) in [4.78, 5) is 2.34. The molecule has 108 valence electrons. The Labute approximate surface area is 127 Å². The Balaban J connectivity index is 2.79. The molecule has 0 radical (unpaired) electrons. The van der Waals surface area contributed by atoms with Crippen LogP contribution < -0.4 is 5.32 Å². The van der Waals surface area contributed by atoms with E-state index in [1.165, 1.54) is 0 Å². The summed E-state index contributed by atoms with van der Waals surface area (Å²) in [5.74, 6) is 0. The molecule has 0 fully saturated rings. The predicted molar refractivity (Wildman–Crippen MR) is 85.3 cm³/mol. The van der Waals surface area contributed by atoms with Crippen molar-refractivity contribution in [3.05, 3.63) is 33.8 Å². The topological polar surface area (TPSA) is 15.3 Å². The molecule has 0 saturated carbocycles. The van der Waals surface area contributed by atoms with Gasteiger partial charge in [-0.15, -0.1) is 0 Å². The molecule has 0 bridgehead atoms. The van der Waals surface area contributed by atoms with Crippen molar-refractivity contribution in [1.29, 1.82) is 0 Å². The third kappa shape index (κ3) is 4.96.